The molecule has 0 amide bonds. The fourth-order valence-electron chi connectivity index (χ4n) is 3.41. The second kappa shape index (κ2) is 5.01. The maximum absolute atomic E-state index is 4.80. The van der Waals surface area contributed by atoms with Gasteiger partial charge in [0.1, 0.15) is 5.82 Å². The molecule has 2 N–H and O–H groups in total. The lowest BCUT2D eigenvalue weighted by atomic mass is 10.1. The van der Waals surface area contributed by atoms with Gasteiger partial charge in [0.05, 0.1) is 12.2 Å². The normalized spacial score (nSPS) is 17.4. The Morgan fingerprint density at radius 1 is 1.30 bits per heavy atom. The van der Waals surface area contributed by atoms with Crippen molar-refractivity contribution in [2.45, 2.75) is 44.7 Å². The first kappa shape index (κ1) is 12.6. The summed E-state index contributed by atoms with van der Waals surface area (Å²) in [6.07, 6.45) is 6.33. The van der Waals surface area contributed by atoms with E-state index in [1.165, 1.54) is 47.0 Å². The molecular weight excluding hydrogens is 314 g/mol. The fourth-order valence-corrected chi connectivity index (χ4v) is 3.91. The predicted octanol–water partition coefficient (Wildman–Crippen LogP) is 3.78. The van der Waals surface area contributed by atoms with Crippen LogP contribution in [0.1, 0.15) is 42.8 Å². The van der Waals surface area contributed by atoms with Crippen LogP contribution in [0.2, 0.25) is 0 Å². The van der Waals surface area contributed by atoms with Crippen LogP contribution in [0.15, 0.2) is 22.7 Å². The van der Waals surface area contributed by atoms with Crippen LogP contribution in [0, 0.1) is 0 Å². The van der Waals surface area contributed by atoms with Gasteiger partial charge < -0.3 is 10.3 Å². The van der Waals surface area contributed by atoms with Crippen LogP contribution >= 0.6 is 15.9 Å². The minimum atomic E-state index is 0.691. The van der Waals surface area contributed by atoms with Crippen LogP contribution in [0.4, 0.5) is 0 Å². The van der Waals surface area contributed by atoms with Crippen LogP contribution in [0.5, 0.6) is 0 Å². The van der Waals surface area contributed by atoms with Gasteiger partial charge in [0.2, 0.25) is 0 Å². The van der Waals surface area contributed by atoms with Crippen LogP contribution in [-0.4, -0.2) is 16.0 Å². The van der Waals surface area contributed by atoms with Gasteiger partial charge in [-0.2, -0.15) is 0 Å². The summed E-state index contributed by atoms with van der Waals surface area (Å²) in [5.41, 5.74) is 5.04. The molecule has 4 heteroatoms. The fraction of sp³-hybridized carbons (Fsp3) is 0.438. The molecule has 0 atom stereocenters. The summed E-state index contributed by atoms with van der Waals surface area (Å²) in [7, 11) is 0. The number of rotatable bonds is 3. The van der Waals surface area contributed by atoms with Gasteiger partial charge in [0.25, 0.3) is 0 Å². The molecule has 0 spiro atoms. The summed E-state index contributed by atoms with van der Waals surface area (Å²) in [4.78, 5) is 8.29. The molecule has 4 rings (SSSR count). The van der Waals surface area contributed by atoms with E-state index in [0.29, 0.717) is 6.04 Å². The van der Waals surface area contributed by atoms with Crippen molar-refractivity contribution < 1.29 is 0 Å². The Balaban J connectivity index is 1.54. The van der Waals surface area contributed by atoms with Crippen LogP contribution in [0.3, 0.4) is 0 Å². The molecule has 1 fully saturated rings. The summed E-state index contributed by atoms with van der Waals surface area (Å²) < 4.78 is 1.19. The molecule has 0 unspecified atom stereocenters. The molecule has 1 saturated carbocycles. The Kier molecular flexibility index (Phi) is 3.15. The Hall–Kier alpha value is -1.13. The molecule has 2 aliphatic carbocycles. The van der Waals surface area contributed by atoms with Gasteiger partial charge in [-0.1, -0.05) is 40.9 Å². The number of hydrogen-bond acceptors (Lipinski definition) is 2. The number of imidazole rings is 1. The molecule has 1 heterocycles. The van der Waals surface area contributed by atoms with Crippen LogP contribution in [0.25, 0.3) is 11.3 Å². The molecule has 20 heavy (non-hydrogen) atoms. The molecule has 2 aromatic rings. The highest BCUT2D eigenvalue weighted by atomic mass is 79.9. The molecule has 1 aromatic carbocycles. The molecule has 104 valence electrons. The van der Waals surface area contributed by atoms with Gasteiger partial charge in [0.15, 0.2) is 0 Å². The largest absolute Gasteiger partial charge is 0.344 e. The highest BCUT2D eigenvalue weighted by Crippen LogP contribution is 2.38. The number of hydrogen-bond donors (Lipinski definition) is 2. The SMILES string of the molecule is Brc1cccc2c1Cc1[nH]c(CNC3CCCC3)nc1-2. The van der Waals surface area contributed by atoms with E-state index in [4.69, 9.17) is 4.98 Å². The molecule has 3 nitrogen and oxygen atoms in total. The number of aromatic amines is 1. The molecule has 1 aromatic heterocycles. The number of nitrogens with one attached hydrogen (secondary N) is 2. The van der Waals surface area contributed by atoms with Crippen LogP contribution < -0.4 is 5.32 Å². The second-order valence-electron chi connectivity index (χ2n) is 5.82. The Labute approximate surface area is 127 Å². The highest BCUT2D eigenvalue weighted by molar-refractivity contribution is 9.10. The summed E-state index contributed by atoms with van der Waals surface area (Å²) in [6.45, 7) is 0.862. The number of H-pyrrole nitrogens is 1. The van der Waals surface area contributed by atoms with Gasteiger partial charge in [-0.25, -0.2) is 4.98 Å². The Morgan fingerprint density at radius 3 is 3.00 bits per heavy atom. The third-order valence-electron chi connectivity index (χ3n) is 4.47. The third kappa shape index (κ3) is 2.11. The van der Waals surface area contributed by atoms with Crippen molar-refractivity contribution in [3.05, 3.63) is 39.8 Å². The first-order valence-electron chi connectivity index (χ1n) is 7.40. The highest BCUT2D eigenvalue weighted by Gasteiger charge is 2.24. The first-order chi connectivity index (χ1) is 9.81. The Morgan fingerprint density at radius 2 is 2.15 bits per heavy atom. The van der Waals surface area contributed by atoms with E-state index in [0.717, 1.165) is 24.5 Å². The second-order valence-corrected chi connectivity index (χ2v) is 6.67. The van der Waals surface area contributed by atoms with Gasteiger partial charge in [-0.05, 0) is 24.5 Å². The van der Waals surface area contributed by atoms with Crippen molar-refractivity contribution in [1.82, 2.24) is 15.3 Å². The maximum atomic E-state index is 4.80. The smallest absolute Gasteiger partial charge is 0.121 e. The monoisotopic (exact) mass is 331 g/mol. The molecule has 2 aliphatic rings. The topological polar surface area (TPSA) is 40.7 Å². The number of aromatic nitrogens is 2. The molecule has 0 aliphatic heterocycles. The minimum Gasteiger partial charge on any atom is -0.344 e. The minimum absolute atomic E-state index is 0.691. The van der Waals surface area contributed by atoms with E-state index in [2.05, 4.69) is 44.4 Å². The first-order valence-corrected chi connectivity index (χ1v) is 8.19. The number of nitrogens with zero attached hydrogens (tertiary/aromatic N) is 1. The van der Waals surface area contributed by atoms with Crippen molar-refractivity contribution in [3.8, 4) is 11.3 Å². The summed E-state index contributed by atoms with van der Waals surface area (Å²) in [5.74, 6) is 1.08. The predicted molar refractivity (Wildman–Crippen MR) is 83.6 cm³/mol. The van der Waals surface area contributed by atoms with Crippen LogP contribution in [-0.2, 0) is 13.0 Å². The van der Waals surface area contributed by atoms with Crippen molar-refractivity contribution >= 4 is 15.9 Å². The maximum Gasteiger partial charge on any atom is 0.121 e. The van der Waals surface area contributed by atoms with Gasteiger partial charge in [-0.15, -0.1) is 0 Å². The standard InChI is InChI=1S/C16H18BrN3/c17-13-7-3-6-11-12(13)8-14-16(11)20-15(19-14)9-18-10-4-1-2-5-10/h3,6-7,10,18H,1-2,4-5,8-9H2,(H,19,20). The Bertz CT molecular complexity index is 641. The van der Waals surface area contributed by atoms with Crippen molar-refractivity contribution in [1.29, 1.82) is 0 Å². The summed E-state index contributed by atoms with van der Waals surface area (Å²) in [5, 5.41) is 3.62. The summed E-state index contributed by atoms with van der Waals surface area (Å²) in [6, 6.07) is 7.05. The number of fused-ring (bicyclic) bond motifs is 3. The molecule has 0 saturated heterocycles. The number of benzene rings is 1. The zero-order chi connectivity index (χ0) is 13.5. The zero-order valence-corrected chi connectivity index (χ0v) is 13.0. The summed E-state index contributed by atoms with van der Waals surface area (Å²) >= 11 is 3.63. The lowest BCUT2D eigenvalue weighted by molar-refractivity contribution is 0.515. The van der Waals surface area contributed by atoms with E-state index < -0.39 is 0 Å². The molecule has 0 radical (unpaired) electrons. The third-order valence-corrected chi connectivity index (χ3v) is 5.21. The van der Waals surface area contributed by atoms with Crippen molar-refractivity contribution in [2.75, 3.05) is 0 Å². The van der Waals surface area contributed by atoms with Crippen molar-refractivity contribution in [3.63, 3.8) is 0 Å². The van der Waals surface area contributed by atoms with E-state index in [1.807, 2.05) is 0 Å². The quantitative estimate of drug-likeness (QED) is 0.766. The lowest BCUT2D eigenvalue weighted by Gasteiger charge is -2.10. The van der Waals surface area contributed by atoms with Gasteiger partial charge in [0, 0.05) is 28.2 Å². The van der Waals surface area contributed by atoms with E-state index in [1.54, 1.807) is 0 Å². The molecular formula is C16H18BrN3. The molecule has 0 bridgehead atoms. The average molecular weight is 332 g/mol. The van der Waals surface area contributed by atoms with E-state index in [9.17, 15) is 0 Å². The van der Waals surface area contributed by atoms with Gasteiger partial charge >= 0.3 is 0 Å². The van der Waals surface area contributed by atoms with Gasteiger partial charge in [-0.3, -0.25) is 0 Å². The van der Waals surface area contributed by atoms with E-state index in [-0.39, 0.29) is 0 Å². The number of halogens is 1. The average Bonchev–Trinajstić information content (AvgIpc) is 3.12. The lowest BCUT2D eigenvalue weighted by Crippen LogP contribution is -2.25. The van der Waals surface area contributed by atoms with E-state index >= 15 is 0 Å². The van der Waals surface area contributed by atoms with Crippen molar-refractivity contribution in [2.24, 2.45) is 0 Å². The zero-order valence-electron chi connectivity index (χ0n) is 11.4.